The van der Waals surface area contributed by atoms with Crippen LogP contribution < -0.4 is 0 Å². The Balaban J connectivity index is 1.71. The molecule has 0 aliphatic heterocycles. The maximum absolute atomic E-state index is 10.9. The van der Waals surface area contributed by atoms with Gasteiger partial charge in [0, 0.05) is 0 Å². The zero-order valence-corrected chi connectivity index (χ0v) is 21.2. The summed E-state index contributed by atoms with van der Waals surface area (Å²) >= 11 is 0. The minimum Gasteiger partial charge on any atom is -0.393 e. The number of hydrogen-bond acceptors (Lipinski definition) is 2. The highest BCUT2D eigenvalue weighted by Crippen LogP contribution is 2.40. The average molecular weight is 423 g/mol. The lowest BCUT2D eigenvalue weighted by Crippen LogP contribution is -2.30. The number of aliphatic hydroxyl groups is 2. The van der Waals surface area contributed by atoms with E-state index < -0.39 is 0 Å². The van der Waals surface area contributed by atoms with Crippen molar-refractivity contribution >= 4 is 0 Å². The van der Waals surface area contributed by atoms with E-state index in [4.69, 9.17) is 0 Å². The van der Waals surface area contributed by atoms with Gasteiger partial charge in [-0.3, -0.25) is 0 Å². The summed E-state index contributed by atoms with van der Waals surface area (Å²) in [6, 6.07) is 0. The van der Waals surface area contributed by atoms with Gasteiger partial charge < -0.3 is 10.2 Å². The molecule has 0 heterocycles. The molecule has 178 valence electrons. The van der Waals surface area contributed by atoms with Gasteiger partial charge in [-0.05, 0) is 92.3 Å². The summed E-state index contributed by atoms with van der Waals surface area (Å²) in [7, 11) is 0. The first-order chi connectivity index (χ1) is 14.1. The van der Waals surface area contributed by atoms with Gasteiger partial charge in [-0.15, -0.1) is 0 Å². The molecule has 2 saturated carbocycles. The summed E-state index contributed by atoms with van der Waals surface area (Å²) < 4.78 is 0. The molecule has 0 aromatic carbocycles. The highest BCUT2D eigenvalue weighted by Gasteiger charge is 2.31. The van der Waals surface area contributed by atoms with E-state index >= 15 is 0 Å². The molecule has 0 amide bonds. The highest BCUT2D eigenvalue weighted by atomic mass is 16.3. The van der Waals surface area contributed by atoms with Gasteiger partial charge in [-0.1, -0.05) is 73.6 Å². The molecular weight excluding hydrogens is 368 g/mol. The zero-order chi connectivity index (χ0) is 22.3. The highest BCUT2D eigenvalue weighted by molar-refractivity contribution is 4.82. The number of aliphatic hydroxyl groups excluding tert-OH is 2. The van der Waals surface area contributed by atoms with Crippen molar-refractivity contribution in [2.24, 2.45) is 40.9 Å². The molecule has 0 bridgehead atoms. The lowest BCUT2D eigenvalue weighted by Gasteiger charge is -2.37. The summed E-state index contributed by atoms with van der Waals surface area (Å²) in [4.78, 5) is 0. The molecule has 0 aromatic rings. The van der Waals surface area contributed by atoms with Crippen LogP contribution in [0.5, 0.6) is 0 Å². The van der Waals surface area contributed by atoms with E-state index in [0.29, 0.717) is 11.8 Å². The second-order valence-electron chi connectivity index (χ2n) is 12.6. The molecule has 0 spiro atoms. The Kier molecular flexibility index (Phi) is 10.7. The van der Waals surface area contributed by atoms with Crippen molar-refractivity contribution in [3.8, 4) is 0 Å². The largest absolute Gasteiger partial charge is 0.393 e. The Morgan fingerprint density at radius 3 is 2.07 bits per heavy atom. The van der Waals surface area contributed by atoms with Crippen molar-refractivity contribution in [1.82, 2.24) is 0 Å². The fourth-order valence-corrected chi connectivity index (χ4v) is 6.43. The van der Waals surface area contributed by atoms with E-state index in [-0.39, 0.29) is 17.6 Å². The van der Waals surface area contributed by atoms with Gasteiger partial charge in [0.1, 0.15) is 0 Å². The van der Waals surface area contributed by atoms with E-state index in [9.17, 15) is 10.2 Å². The van der Waals surface area contributed by atoms with Crippen LogP contribution >= 0.6 is 0 Å². The molecule has 2 aliphatic carbocycles. The second-order valence-corrected chi connectivity index (χ2v) is 12.6. The fraction of sp³-hybridized carbons (Fsp3) is 1.00. The van der Waals surface area contributed by atoms with Gasteiger partial charge in [-0.2, -0.15) is 0 Å². The predicted molar refractivity (Wildman–Crippen MR) is 129 cm³/mol. The number of hydrogen-bond donors (Lipinski definition) is 2. The third kappa shape index (κ3) is 8.45. The molecule has 2 fully saturated rings. The lowest BCUT2D eigenvalue weighted by molar-refractivity contribution is 0.0454. The Bertz CT molecular complexity index is 463. The smallest absolute Gasteiger partial charge is 0.0568 e. The Morgan fingerprint density at radius 2 is 1.43 bits per heavy atom. The molecule has 0 saturated heterocycles. The van der Waals surface area contributed by atoms with Crippen molar-refractivity contribution < 1.29 is 10.2 Å². The first kappa shape index (κ1) is 26.2. The summed E-state index contributed by atoms with van der Waals surface area (Å²) in [5, 5.41) is 21.6. The zero-order valence-electron chi connectivity index (χ0n) is 21.2. The van der Waals surface area contributed by atoms with E-state index in [1.54, 1.807) is 0 Å². The minimum absolute atomic E-state index is 0.125. The topological polar surface area (TPSA) is 40.5 Å². The summed E-state index contributed by atoms with van der Waals surface area (Å²) in [6.07, 6.45) is 15.4. The van der Waals surface area contributed by atoms with Gasteiger partial charge in [0.25, 0.3) is 0 Å². The van der Waals surface area contributed by atoms with Crippen LogP contribution in [0.25, 0.3) is 0 Å². The van der Waals surface area contributed by atoms with Crippen LogP contribution in [0.1, 0.15) is 125 Å². The first-order valence-electron chi connectivity index (χ1n) is 13.4. The van der Waals surface area contributed by atoms with Crippen molar-refractivity contribution in [3.63, 3.8) is 0 Å². The molecule has 5 atom stereocenters. The molecule has 0 aromatic heterocycles. The summed E-state index contributed by atoms with van der Waals surface area (Å²) in [5.41, 5.74) is 0.203. The van der Waals surface area contributed by atoms with Crippen molar-refractivity contribution in [2.45, 2.75) is 137 Å². The molecule has 2 aliphatic rings. The van der Waals surface area contributed by atoms with Crippen molar-refractivity contribution in [2.75, 3.05) is 0 Å². The van der Waals surface area contributed by atoms with E-state index in [0.717, 1.165) is 49.4 Å². The normalized spacial score (nSPS) is 31.5. The summed E-state index contributed by atoms with van der Waals surface area (Å²) in [5.74, 6) is 4.21. The third-order valence-electron chi connectivity index (χ3n) is 8.99. The SMILES string of the molecule is CC(C)C1CCCCC1C[C@@H](C)C(O)CCC(C)(C)CCC(O)[C@H]1CC[C@@H](C)CC1. The minimum atomic E-state index is -0.177. The van der Waals surface area contributed by atoms with Crippen molar-refractivity contribution in [1.29, 1.82) is 0 Å². The van der Waals surface area contributed by atoms with Gasteiger partial charge in [0.2, 0.25) is 0 Å². The third-order valence-corrected chi connectivity index (χ3v) is 8.99. The fourth-order valence-electron chi connectivity index (χ4n) is 6.43. The molecule has 2 N–H and O–H groups in total. The van der Waals surface area contributed by atoms with Gasteiger partial charge in [-0.25, -0.2) is 0 Å². The van der Waals surface area contributed by atoms with Crippen molar-refractivity contribution in [3.05, 3.63) is 0 Å². The van der Waals surface area contributed by atoms with E-state index in [1.165, 1.54) is 57.8 Å². The Morgan fingerprint density at radius 1 is 0.833 bits per heavy atom. The standard InChI is InChI=1S/C28H54O2/c1-20(2)25-10-8-7-9-24(25)19-22(4)26(29)15-17-28(5,6)18-16-27(30)23-13-11-21(3)12-14-23/h20-27,29-30H,7-19H2,1-6H3/t21-,22-,23+,24?,25?,26?,27?/m1/s1. The van der Waals surface area contributed by atoms with Gasteiger partial charge >= 0.3 is 0 Å². The van der Waals surface area contributed by atoms with E-state index in [2.05, 4.69) is 41.5 Å². The van der Waals surface area contributed by atoms with Crippen LogP contribution in [0.2, 0.25) is 0 Å². The van der Waals surface area contributed by atoms with Gasteiger partial charge in [0.05, 0.1) is 12.2 Å². The Labute approximate surface area is 188 Å². The monoisotopic (exact) mass is 422 g/mol. The summed E-state index contributed by atoms with van der Waals surface area (Å²) in [6.45, 7) is 14.0. The molecule has 2 rings (SSSR count). The van der Waals surface area contributed by atoms with E-state index in [1.807, 2.05) is 0 Å². The molecule has 0 radical (unpaired) electrons. The van der Waals surface area contributed by atoms with Crippen LogP contribution in [0.4, 0.5) is 0 Å². The lowest BCUT2D eigenvalue weighted by atomic mass is 9.69. The second kappa shape index (κ2) is 12.2. The molecular formula is C28H54O2. The van der Waals surface area contributed by atoms with Crippen LogP contribution in [-0.2, 0) is 0 Å². The average Bonchev–Trinajstić information content (AvgIpc) is 2.71. The molecule has 2 nitrogen and oxygen atoms in total. The molecule has 4 unspecified atom stereocenters. The first-order valence-corrected chi connectivity index (χ1v) is 13.4. The maximum Gasteiger partial charge on any atom is 0.0568 e. The quantitative estimate of drug-likeness (QED) is 0.359. The Hall–Kier alpha value is -0.0800. The van der Waals surface area contributed by atoms with Gasteiger partial charge in [0.15, 0.2) is 0 Å². The molecule has 2 heteroatoms. The number of rotatable bonds is 11. The maximum atomic E-state index is 10.9. The van der Waals surface area contributed by atoms with Crippen LogP contribution in [0.15, 0.2) is 0 Å². The predicted octanol–water partition coefficient (Wildman–Crippen LogP) is 7.61. The van der Waals surface area contributed by atoms with Crippen LogP contribution in [-0.4, -0.2) is 22.4 Å². The van der Waals surface area contributed by atoms with Crippen LogP contribution in [0.3, 0.4) is 0 Å². The molecule has 30 heavy (non-hydrogen) atoms. The van der Waals surface area contributed by atoms with Crippen LogP contribution in [0, 0.1) is 40.9 Å².